The average Bonchev–Trinajstić information content (AvgIpc) is 3.22. The third-order valence-corrected chi connectivity index (χ3v) is 5.34. The van der Waals surface area contributed by atoms with Crippen molar-refractivity contribution in [3.63, 3.8) is 0 Å². The van der Waals surface area contributed by atoms with Crippen LogP contribution in [0.5, 0.6) is 0 Å². The molecule has 1 aromatic heterocycles. The number of nitrogens with zero attached hydrogens (tertiary/aromatic N) is 2. The van der Waals surface area contributed by atoms with Crippen LogP contribution in [0.1, 0.15) is 29.4 Å². The highest BCUT2D eigenvalue weighted by Crippen LogP contribution is 2.31. The van der Waals surface area contributed by atoms with Crippen molar-refractivity contribution in [2.24, 2.45) is 0 Å². The molecule has 0 saturated carbocycles. The SMILES string of the molecule is CCOC(=O)Cc1ccc(N2CC(O)=C(c3nc4cc(C)c(C)cc4[nH]3)C2=N)cc1. The van der Waals surface area contributed by atoms with E-state index in [0.29, 0.717) is 18.0 Å². The predicted octanol–water partition coefficient (Wildman–Crippen LogP) is 4.05. The Morgan fingerprint density at radius 3 is 2.63 bits per heavy atom. The first-order chi connectivity index (χ1) is 14.4. The second kappa shape index (κ2) is 7.67. The van der Waals surface area contributed by atoms with Crippen LogP contribution in [0.15, 0.2) is 42.2 Å². The van der Waals surface area contributed by atoms with Gasteiger partial charge in [0.25, 0.3) is 0 Å². The van der Waals surface area contributed by atoms with Crippen LogP contribution in [0.3, 0.4) is 0 Å². The maximum absolute atomic E-state index is 11.6. The second-order valence-corrected chi connectivity index (χ2v) is 7.44. The van der Waals surface area contributed by atoms with Crippen molar-refractivity contribution >= 4 is 34.1 Å². The zero-order chi connectivity index (χ0) is 21.4. The highest BCUT2D eigenvalue weighted by atomic mass is 16.5. The minimum Gasteiger partial charge on any atom is -0.509 e. The van der Waals surface area contributed by atoms with Crippen molar-refractivity contribution < 1.29 is 14.6 Å². The van der Waals surface area contributed by atoms with Crippen LogP contribution >= 0.6 is 0 Å². The minimum atomic E-state index is -0.267. The molecule has 0 saturated heterocycles. The third-order valence-electron chi connectivity index (χ3n) is 5.34. The topological polar surface area (TPSA) is 102 Å². The zero-order valence-corrected chi connectivity index (χ0v) is 17.2. The molecule has 2 aromatic carbocycles. The Hall–Kier alpha value is -3.61. The maximum Gasteiger partial charge on any atom is 0.310 e. The predicted molar refractivity (Wildman–Crippen MR) is 117 cm³/mol. The van der Waals surface area contributed by atoms with E-state index in [1.54, 1.807) is 11.8 Å². The van der Waals surface area contributed by atoms with E-state index in [4.69, 9.17) is 10.1 Å². The van der Waals surface area contributed by atoms with Gasteiger partial charge in [0.15, 0.2) is 0 Å². The largest absolute Gasteiger partial charge is 0.509 e. The number of nitrogens with one attached hydrogen (secondary N) is 2. The molecule has 0 aliphatic carbocycles. The van der Waals surface area contributed by atoms with Gasteiger partial charge in [-0.3, -0.25) is 10.2 Å². The molecular weight excluding hydrogens is 380 g/mol. The van der Waals surface area contributed by atoms with Crippen LogP contribution in [0.2, 0.25) is 0 Å². The van der Waals surface area contributed by atoms with Gasteiger partial charge in [0, 0.05) is 5.69 Å². The lowest BCUT2D eigenvalue weighted by molar-refractivity contribution is -0.142. The fraction of sp³-hybridized carbons (Fsp3) is 0.261. The van der Waals surface area contributed by atoms with Crippen molar-refractivity contribution in [1.29, 1.82) is 5.41 Å². The lowest BCUT2D eigenvalue weighted by Gasteiger charge is -2.19. The Morgan fingerprint density at radius 2 is 1.93 bits per heavy atom. The number of aryl methyl sites for hydroxylation is 2. The number of fused-ring (bicyclic) bond motifs is 1. The number of anilines is 1. The first kappa shape index (κ1) is 19.7. The number of hydrogen-bond acceptors (Lipinski definition) is 5. The van der Waals surface area contributed by atoms with Crippen molar-refractivity contribution in [3.05, 3.63) is 64.7 Å². The number of imidazole rings is 1. The van der Waals surface area contributed by atoms with Crippen LogP contribution in [-0.4, -0.2) is 40.0 Å². The standard InChI is InChI=1S/C23H24N4O3/c1-4-30-20(29)11-15-5-7-16(8-6-15)27-12-19(28)21(22(27)24)23-25-17-9-13(2)14(3)10-18(17)26-23/h5-10,24,28H,4,11-12H2,1-3H3,(H,25,26). The quantitative estimate of drug-likeness (QED) is 0.557. The summed E-state index contributed by atoms with van der Waals surface area (Å²) in [6.45, 7) is 6.40. The Balaban J connectivity index is 1.57. The number of esters is 1. The molecule has 0 spiro atoms. The summed E-state index contributed by atoms with van der Waals surface area (Å²) in [7, 11) is 0. The number of aromatic amines is 1. The first-order valence-corrected chi connectivity index (χ1v) is 9.88. The fourth-order valence-electron chi connectivity index (χ4n) is 3.61. The molecule has 7 nitrogen and oxygen atoms in total. The summed E-state index contributed by atoms with van der Waals surface area (Å²) in [6, 6.07) is 11.4. The van der Waals surface area contributed by atoms with Crippen molar-refractivity contribution in [2.75, 3.05) is 18.1 Å². The Bertz CT molecular complexity index is 1140. The van der Waals surface area contributed by atoms with Crippen molar-refractivity contribution in [2.45, 2.75) is 27.2 Å². The van der Waals surface area contributed by atoms with Gasteiger partial charge in [0.2, 0.25) is 0 Å². The lowest BCUT2D eigenvalue weighted by atomic mass is 10.1. The summed E-state index contributed by atoms with van der Waals surface area (Å²) in [5.74, 6) is 0.497. The monoisotopic (exact) mass is 404 g/mol. The average molecular weight is 404 g/mol. The normalized spacial score (nSPS) is 14.1. The minimum absolute atomic E-state index is 0.100. The van der Waals surface area contributed by atoms with Gasteiger partial charge >= 0.3 is 5.97 Å². The first-order valence-electron chi connectivity index (χ1n) is 9.88. The zero-order valence-electron chi connectivity index (χ0n) is 17.2. The van der Waals surface area contributed by atoms with E-state index in [1.807, 2.05) is 50.2 Å². The fourth-order valence-corrected chi connectivity index (χ4v) is 3.61. The van der Waals surface area contributed by atoms with Crippen LogP contribution in [0.4, 0.5) is 5.69 Å². The molecule has 1 aliphatic heterocycles. The molecule has 7 heteroatoms. The number of aliphatic hydroxyl groups excluding tert-OH is 1. The number of carbonyl (C=O) groups is 1. The Labute approximate surface area is 174 Å². The molecule has 1 aliphatic rings. The highest BCUT2D eigenvalue weighted by Gasteiger charge is 2.31. The number of rotatable bonds is 5. The Kier molecular flexibility index (Phi) is 5.03. The number of hydrogen-bond donors (Lipinski definition) is 3. The van der Waals surface area contributed by atoms with E-state index >= 15 is 0 Å². The smallest absolute Gasteiger partial charge is 0.310 e. The molecule has 154 valence electrons. The highest BCUT2D eigenvalue weighted by molar-refractivity contribution is 6.30. The number of benzene rings is 2. The van der Waals surface area contributed by atoms with Crippen molar-refractivity contribution in [1.82, 2.24) is 9.97 Å². The lowest BCUT2D eigenvalue weighted by Crippen LogP contribution is -2.26. The molecule has 3 aromatic rings. The number of amidine groups is 1. The van der Waals surface area contributed by atoms with Gasteiger partial charge in [-0.2, -0.15) is 0 Å². The molecule has 2 heterocycles. The van der Waals surface area contributed by atoms with E-state index in [9.17, 15) is 9.90 Å². The van der Waals surface area contributed by atoms with E-state index < -0.39 is 0 Å². The van der Waals surface area contributed by atoms with Crippen LogP contribution in [0.25, 0.3) is 16.6 Å². The van der Waals surface area contributed by atoms with Crippen LogP contribution < -0.4 is 4.90 Å². The number of aromatic nitrogens is 2. The molecule has 0 amide bonds. The van der Waals surface area contributed by atoms with E-state index in [0.717, 1.165) is 33.4 Å². The number of carbonyl (C=O) groups excluding carboxylic acids is 1. The molecule has 0 bridgehead atoms. The van der Waals surface area contributed by atoms with Crippen molar-refractivity contribution in [3.8, 4) is 0 Å². The van der Waals surface area contributed by atoms with Gasteiger partial charge in [-0.25, -0.2) is 4.98 Å². The van der Waals surface area contributed by atoms with E-state index in [-0.39, 0.29) is 30.5 Å². The molecule has 0 unspecified atom stereocenters. The molecule has 0 fully saturated rings. The molecule has 3 N–H and O–H groups in total. The van der Waals surface area contributed by atoms with Gasteiger partial charge < -0.3 is 19.7 Å². The summed E-state index contributed by atoms with van der Waals surface area (Å²) in [5.41, 5.74) is 5.98. The van der Waals surface area contributed by atoms with E-state index in [2.05, 4.69) is 9.97 Å². The molecular formula is C23H24N4O3. The van der Waals surface area contributed by atoms with Crippen LogP contribution in [-0.2, 0) is 16.0 Å². The van der Waals surface area contributed by atoms with E-state index in [1.165, 1.54) is 0 Å². The van der Waals surface area contributed by atoms with Gasteiger partial charge in [0.1, 0.15) is 17.4 Å². The molecule has 0 atom stereocenters. The summed E-state index contributed by atoms with van der Waals surface area (Å²) < 4.78 is 4.98. The number of aliphatic hydroxyl groups is 1. The van der Waals surface area contributed by atoms with Gasteiger partial charge in [0.05, 0.1) is 36.2 Å². The maximum atomic E-state index is 11.6. The third kappa shape index (κ3) is 3.54. The van der Waals surface area contributed by atoms with Gasteiger partial charge in [-0.1, -0.05) is 12.1 Å². The second-order valence-electron chi connectivity index (χ2n) is 7.44. The van der Waals surface area contributed by atoms with Crippen LogP contribution in [0, 0.1) is 19.3 Å². The van der Waals surface area contributed by atoms with Gasteiger partial charge in [-0.15, -0.1) is 0 Å². The summed E-state index contributed by atoms with van der Waals surface area (Å²) in [6.07, 6.45) is 0.206. The molecule has 4 rings (SSSR count). The summed E-state index contributed by atoms with van der Waals surface area (Å²) >= 11 is 0. The molecule has 0 radical (unpaired) electrons. The Morgan fingerprint density at radius 1 is 1.23 bits per heavy atom. The number of ether oxygens (including phenoxy) is 1. The number of H-pyrrole nitrogens is 1. The summed E-state index contributed by atoms with van der Waals surface area (Å²) in [4.78, 5) is 21.2. The molecule has 30 heavy (non-hydrogen) atoms. The van der Waals surface area contributed by atoms with Gasteiger partial charge in [-0.05, 0) is 61.7 Å². The summed E-state index contributed by atoms with van der Waals surface area (Å²) in [5, 5.41) is 19.2.